The second-order valence-corrected chi connectivity index (χ2v) is 9.27. The number of benzene rings is 2. The predicted molar refractivity (Wildman–Crippen MR) is 132 cm³/mol. The summed E-state index contributed by atoms with van der Waals surface area (Å²) in [5.41, 5.74) is -0.201. The van der Waals surface area contributed by atoms with Crippen LogP contribution in [-0.4, -0.2) is 42.0 Å². The van der Waals surface area contributed by atoms with Gasteiger partial charge in [-0.3, -0.25) is 9.55 Å². The van der Waals surface area contributed by atoms with E-state index in [1.165, 1.54) is 15.9 Å². The first kappa shape index (κ1) is 24.6. The highest BCUT2D eigenvalue weighted by atomic mass is 35.5. The molecule has 0 fully saturated rings. The maximum Gasteiger partial charge on any atom is 0.335 e. The summed E-state index contributed by atoms with van der Waals surface area (Å²) in [4.78, 5) is 38.0. The number of nitrogens with one attached hydrogen (secondary N) is 1. The summed E-state index contributed by atoms with van der Waals surface area (Å²) in [5.74, 6) is 0.564. The lowest BCUT2D eigenvalue weighted by Gasteiger charge is -2.13. The molecule has 0 aliphatic heterocycles. The van der Waals surface area contributed by atoms with E-state index >= 15 is 0 Å². The van der Waals surface area contributed by atoms with Crippen LogP contribution in [0, 0.1) is 6.92 Å². The molecular weight excluding hydrogens is 494 g/mol. The highest BCUT2D eigenvalue weighted by Gasteiger charge is 2.13. The van der Waals surface area contributed by atoms with Crippen LogP contribution in [0.4, 0.5) is 5.69 Å². The third kappa shape index (κ3) is 6.14. The van der Waals surface area contributed by atoms with Crippen molar-refractivity contribution in [2.75, 3.05) is 6.61 Å². The van der Waals surface area contributed by atoms with Gasteiger partial charge in [0.25, 0.3) is 5.19 Å². The van der Waals surface area contributed by atoms with Gasteiger partial charge in [0, 0.05) is 16.1 Å². The molecule has 0 spiro atoms. The Hall–Kier alpha value is -3.51. The van der Waals surface area contributed by atoms with Crippen LogP contribution in [0.5, 0.6) is 10.9 Å². The molecule has 12 heteroatoms. The summed E-state index contributed by atoms with van der Waals surface area (Å²) >= 11 is 7.39. The van der Waals surface area contributed by atoms with E-state index in [4.69, 9.17) is 21.4 Å². The van der Waals surface area contributed by atoms with Crippen molar-refractivity contribution in [3.8, 4) is 10.9 Å². The molecule has 0 saturated carbocycles. The molecule has 1 atom stereocenters. The number of hydrogen-bond acceptors (Lipinski definition) is 8. The average molecular weight is 516 g/mol. The number of thiazole rings is 1. The van der Waals surface area contributed by atoms with Gasteiger partial charge in [0.1, 0.15) is 5.75 Å². The first-order valence-electron chi connectivity index (χ1n) is 10.5. The molecule has 3 N–H and O–H groups in total. The summed E-state index contributed by atoms with van der Waals surface area (Å²) in [5, 5.41) is 20.0. The molecule has 0 aliphatic rings. The third-order valence-corrected chi connectivity index (χ3v) is 5.96. The van der Waals surface area contributed by atoms with E-state index in [0.29, 0.717) is 21.7 Å². The average Bonchev–Trinajstić information content (AvgIpc) is 3.25. The molecule has 2 aromatic heterocycles. The van der Waals surface area contributed by atoms with Crippen molar-refractivity contribution in [1.82, 2.24) is 19.1 Å². The lowest BCUT2D eigenvalue weighted by molar-refractivity contribution is 0.0783. The Balaban J connectivity index is 1.73. The van der Waals surface area contributed by atoms with Crippen molar-refractivity contribution in [1.29, 1.82) is 0 Å². The number of halogens is 1. The predicted octanol–water partition coefficient (Wildman–Crippen LogP) is 2.18. The van der Waals surface area contributed by atoms with Crippen LogP contribution in [0.2, 0.25) is 5.02 Å². The van der Waals surface area contributed by atoms with Crippen molar-refractivity contribution in [2.24, 2.45) is 4.99 Å². The smallest absolute Gasteiger partial charge is 0.335 e. The molecule has 2 heterocycles. The molecule has 0 amide bonds. The second-order valence-electron chi connectivity index (χ2n) is 7.64. The van der Waals surface area contributed by atoms with E-state index in [2.05, 4.69) is 15.0 Å². The molecular formula is C23H22ClN5O5S. The van der Waals surface area contributed by atoms with E-state index < -0.39 is 24.1 Å². The van der Waals surface area contributed by atoms with E-state index in [-0.39, 0.29) is 18.7 Å². The molecule has 10 nitrogen and oxygen atoms in total. The number of aromatic amines is 1. The van der Waals surface area contributed by atoms with Crippen molar-refractivity contribution >= 4 is 28.6 Å². The van der Waals surface area contributed by atoms with Gasteiger partial charge in [-0.15, -0.1) is 0 Å². The Morgan fingerprint density at radius 3 is 2.49 bits per heavy atom. The van der Waals surface area contributed by atoms with Crippen LogP contribution in [0.25, 0.3) is 0 Å². The number of ether oxygens (including phenoxy) is 1. The van der Waals surface area contributed by atoms with Crippen LogP contribution >= 0.6 is 22.9 Å². The van der Waals surface area contributed by atoms with Gasteiger partial charge >= 0.3 is 11.4 Å². The summed E-state index contributed by atoms with van der Waals surface area (Å²) in [6.45, 7) is 1.06. The van der Waals surface area contributed by atoms with Gasteiger partial charge < -0.3 is 14.9 Å². The number of hydrogen-bond donors (Lipinski definition) is 3. The van der Waals surface area contributed by atoms with Crippen LogP contribution in [0.1, 0.15) is 10.4 Å². The molecule has 0 radical (unpaired) electrons. The Labute approximate surface area is 208 Å². The van der Waals surface area contributed by atoms with Crippen LogP contribution in [0.15, 0.2) is 69.3 Å². The molecule has 1 unspecified atom stereocenters. The monoisotopic (exact) mass is 515 g/mol. The fourth-order valence-corrected chi connectivity index (χ4v) is 3.93. The zero-order chi connectivity index (χ0) is 24.9. The normalized spacial score (nSPS) is 12.6. The van der Waals surface area contributed by atoms with Crippen molar-refractivity contribution < 1.29 is 14.9 Å². The van der Waals surface area contributed by atoms with E-state index in [0.717, 1.165) is 15.0 Å². The largest absolute Gasteiger partial charge is 0.431 e. The van der Waals surface area contributed by atoms with Gasteiger partial charge in [-0.1, -0.05) is 35.1 Å². The highest BCUT2D eigenvalue weighted by molar-refractivity contribution is 7.13. The van der Waals surface area contributed by atoms with Gasteiger partial charge in [0.15, 0.2) is 0 Å². The number of aliphatic hydroxyl groups is 2. The fraction of sp³-hybridized carbons (Fsp3) is 0.217. The number of H-pyrrole nitrogens is 1. The minimum atomic E-state index is -1.27. The summed E-state index contributed by atoms with van der Waals surface area (Å²) in [6.07, 6.45) is 0.455. The molecule has 182 valence electrons. The SMILES string of the molecule is Cc1cnc(Oc2ccc(/N=c3\[nH]c(=O)n(CC(O)CO)c(=O)n3Cc3ccc(Cl)cc3)cc2)s1. The maximum atomic E-state index is 13.2. The zero-order valence-electron chi connectivity index (χ0n) is 18.6. The van der Waals surface area contributed by atoms with Gasteiger partial charge in [-0.2, -0.15) is 0 Å². The van der Waals surface area contributed by atoms with Crippen LogP contribution in [-0.2, 0) is 13.1 Å². The highest BCUT2D eigenvalue weighted by Crippen LogP contribution is 2.27. The molecule has 0 saturated heterocycles. The first-order chi connectivity index (χ1) is 16.8. The van der Waals surface area contributed by atoms with E-state index in [9.17, 15) is 14.7 Å². The van der Waals surface area contributed by atoms with Crippen LogP contribution < -0.4 is 21.7 Å². The molecule has 0 aliphatic carbocycles. The van der Waals surface area contributed by atoms with E-state index in [1.807, 2.05) is 6.92 Å². The van der Waals surface area contributed by atoms with Crippen molar-refractivity contribution in [2.45, 2.75) is 26.1 Å². The molecule has 2 aromatic carbocycles. The van der Waals surface area contributed by atoms with E-state index in [1.54, 1.807) is 54.7 Å². The lowest BCUT2D eigenvalue weighted by Crippen LogP contribution is -2.51. The Bertz CT molecular complexity index is 1490. The topological polar surface area (TPSA) is 135 Å². The van der Waals surface area contributed by atoms with Gasteiger partial charge in [0.2, 0.25) is 5.62 Å². The minimum absolute atomic E-state index is 0.0221. The van der Waals surface area contributed by atoms with Gasteiger partial charge in [-0.25, -0.2) is 24.1 Å². The number of rotatable bonds is 8. The number of aromatic nitrogens is 4. The van der Waals surface area contributed by atoms with Gasteiger partial charge in [-0.05, 0) is 48.9 Å². The number of nitrogens with zero attached hydrogens (tertiary/aromatic N) is 4. The minimum Gasteiger partial charge on any atom is -0.431 e. The summed E-state index contributed by atoms with van der Waals surface area (Å²) < 4.78 is 7.81. The van der Waals surface area contributed by atoms with Crippen molar-refractivity contribution in [3.05, 3.63) is 96.8 Å². The first-order valence-corrected chi connectivity index (χ1v) is 11.7. The standard InChI is InChI=1S/C23H22ClN5O5S/c1-14-10-25-22(35-14)34-19-8-6-17(7-9-19)26-20-27-21(32)29(12-18(31)13-30)23(33)28(20)11-15-2-4-16(24)5-3-15/h2-10,18,30-31H,11-13H2,1H3,(H,26,27,32). The third-order valence-electron chi connectivity index (χ3n) is 4.92. The van der Waals surface area contributed by atoms with Crippen molar-refractivity contribution in [3.63, 3.8) is 0 Å². The fourth-order valence-electron chi connectivity index (χ4n) is 3.18. The Morgan fingerprint density at radius 1 is 1.14 bits per heavy atom. The number of aryl methyl sites for hydroxylation is 1. The number of aliphatic hydroxyl groups excluding tert-OH is 2. The Kier molecular flexibility index (Phi) is 7.61. The molecule has 35 heavy (non-hydrogen) atoms. The maximum absolute atomic E-state index is 13.2. The quantitative estimate of drug-likeness (QED) is 0.329. The van der Waals surface area contributed by atoms with Gasteiger partial charge in [0.05, 0.1) is 31.5 Å². The molecule has 4 rings (SSSR count). The van der Waals surface area contributed by atoms with Crippen LogP contribution in [0.3, 0.4) is 0 Å². The lowest BCUT2D eigenvalue weighted by atomic mass is 10.2. The summed E-state index contributed by atoms with van der Waals surface area (Å²) in [7, 11) is 0. The Morgan fingerprint density at radius 2 is 1.86 bits per heavy atom. The second kappa shape index (κ2) is 10.8. The zero-order valence-corrected chi connectivity index (χ0v) is 20.2. The molecule has 4 aromatic rings. The molecule has 0 bridgehead atoms. The summed E-state index contributed by atoms with van der Waals surface area (Å²) in [6, 6.07) is 13.7.